The molecule has 1 aliphatic heterocycles. The van der Waals surface area contributed by atoms with Gasteiger partial charge < -0.3 is 15.5 Å². The van der Waals surface area contributed by atoms with Crippen LogP contribution < -0.4 is 15.5 Å². The normalized spacial score (nSPS) is 17.4. The average molecular weight is 404 g/mol. The SMILES string of the molecule is CN=C(NCCc1ccc(C(F)(F)F)cc1)NCC1CCN(c2ccccc2)C1. The lowest BCUT2D eigenvalue weighted by molar-refractivity contribution is -0.137. The van der Waals surface area contributed by atoms with Crippen LogP contribution in [-0.4, -0.2) is 39.2 Å². The van der Waals surface area contributed by atoms with E-state index in [1.54, 1.807) is 7.05 Å². The van der Waals surface area contributed by atoms with Crippen molar-refractivity contribution >= 4 is 11.6 Å². The minimum absolute atomic E-state index is 0.545. The van der Waals surface area contributed by atoms with Crippen molar-refractivity contribution in [2.75, 3.05) is 38.1 Å². The summed E-state index contributed by atoms with van der Waals surface area (Å²) in [6.45, 7) is 3.50. The van der Waals surface area contributed by atoms with E-state index in [0.29, 0.717) is 18.9 Å². The molecule has 0 spiro atoms. The summed E-state index contributed by atoms with van der Waals surface area (Å²) in [5.74, 6) is 1.26. The second-order valence-electron chi connectivity index (χ2n) is 7.26. The van der Waals surface area contributed by atoms with Gasteiger partial charge in [0.05, 0.1) is 5.56 Å². The number of benzene rings is 2. The van der Waals surface area contributed by atoms with Crippen molar-refractivity contribution in [2.24, 2.45) is 10.9 Å². The molecule has 2 aromatic carbocycles. The van der Waals surface area contributed by atoms with Gasteiger partial charge in [0.15, 0.2) is 5.96 Å². The summed E-state index contributed by atoms with van der Waals surface area (Å²) in [5.41, 5.74) is 1.50. The summed E-state index contributed by atoms with van der Waals surface area (Å²) in [7, 11) is 1.72. The zero-order chi connectivity index (χ0) is 20.7. The standard InChI is InChI=1S/C22H27F3N4/c1-26-21(27-13-11-17-7-9-19(10-8-17)22(23,24)25)28-15-18-12-14-29(16-18)20-5-3-2-4-6-20/h2-10,18H,11-16H2,1H3,(H2,26,27,28). The molecule has 3 rings (SSSR count). The lowest BCUT2D eigenvalue weighted by atomic mass is 10.1. The molecule has 7 heteroatoms. The lowest BCUT2D eigenvalue weighted by Crippen LogP contribution is -2.41. The largest absolute Gasteiger partial charge is 0.416 e. The maximum absolute atomic E-state index is 12.6. The first-order valence-corrected chi connectivity index (χ1v) is 9.86. The smallest absolute Gasteiger partial charge is 0.371 e. The fourth-order valence-electron chi connectivity index (χ4n) is 3.52. The molecule has 0 aromatic heterocycles. The van der Waals surface area contributed by atoms with Gasteiger partial charge in [-0.1, -0.05) is 30.3 Å². The van der Waals surface area contributed by atoms with Crippen molar-refractivity contribution < 1.29 is 13.2 Å². The Kier molecular flexibility index (Phi) is 7.01. The summed E-state index contributed by atoms with van der Waals surface area (Å²) < 4.78 is 37.9. The number of hydrogen-bond acceptors (Lipinski definition) is 2. The molecule has 4 nitrogen and oxygen atoms in total. The molecule has 2 aromatic rings. The topological polar surface area (TPSA) is 39.7 Å². The van der Waals surface area contributed by atoms with E-state index in [2.05, 4.69) is 44.8 Å². The molecule has 1 heterocycles. The molecule has 0 saturated carbocycles. The quantitative estimate of drug-likeness (QED) is 0.566. The van der Waals surface area contributed by atoms with Crippen LogP contribution in [-0.2, 0) is 12.6 Å². The van der Waals surface area contributed by atoms with Crippen molar-refractivity contribution in [3.63, 3.8) is 0 Å². The van der Waals surface area contributed by atoms with Crippen molar-refractivity contribution in [2.45, 2.75) is 19.0 Å². The van der Waals surface area contributed by atoms with Crippen LogP contribution in [0.2, 0.25) is 0 Å². The van der Waals surface area contributed by atoms with Crippen LogP contribution in [0.5, 0.6) is 0 Å². The lowest BCUT2D eigenvalue weighted by Gasteiger charge is -2.19. The molecule has 1 atom stereocenters. The van der Waals surface area contributed by atoms with E-state index in [4.69, 9.17) is 0 Å². The fraction of sp³-hybridized carbons (Fsp3) is 0.409. The molecule has 0 bridgehead atoms. The number of anilines is 1. The Hall–Kier alpha value is -2.70. The Morgan fingerprint density at radius 2 is 1.79 bits per heavy atom. The summed E-state index contributed by atoms with van der Waals surface area (Å²) in [4.78, 5) is 6.63. The van der Waals surface area contributed by atoms with Gasteiger partial charge in [-0.3, -0.25) is 4.99 Å². The number of halogens is 3. The van der Waals surface area contributed by atoms with E-state index in [0.717, 1.165) is 49.7 Å². The highest BCUT2D eigenvalue weighted by Crippen LogP contribution is 2.29. The number of nitrogens with zero attached hydrogens (tertiary/aromatic N) is 2. The summed E-state index contributed by atoms with van der Waals surface area (Å²) in [6, 6.07) is 15.7. The minimum atomic E-state index is -4.29. The molecule has 1 saturated heterocycles. The highest BCUT2D eigenvalue weighted by molar-refractivity contribution is 5.79. The maximum Gasteiger partial charge on any atom is 0.416 e. The first kappa shape index (κ1) is 21.0. The molecule has 0 amide bonds. The zero-order valence-corrected chi connectivity index (χ0v) is 16.5. The highest BCUT2D eigenvalue weighted by atomic mass is 19.4. The van der Waals surface area contributed by atoms with Crippen molar-refractivity contribution in [1.29, 1.82) is 0 Å². The molecular formula is C22H27F3N4. The Morgan fingerprint density at radius 3 is 2.45 bits per heavy atom. The van der Waals surface area contributed by atoms with Gasteiger partial charge in [-0.25, -0.2) is 0 Å². The molecule has 0 aliphatic carbocycles. The Morgan fingerprint density at radius 1 is 1.07 bits per heavy atom. The van der Waals surface area contributed by atoms with Crippen LogP contribution in [0.15, 0.2) is 59.6 Å². The van der Waals surface area contributed by atoms with Crippen LogP contribution in [0.25, 0.3) is 0 Å². The second kappa shape index (κ2) is 9.67. The van der Waals surface area contributed by atoms with Crippen LogP contribution in [0.4, 0.5) is 18.9 Å². The van der Waals surface area contributed by atoms with E-state index >= 15 is 0 Å². The van der Waals surface area contributed by atoms with Gasteiger partial charge in [0, 0.05) is 38.9 Å². The van der Waals surface area contributed by atoms with Crippen molar-refractivity contribution in [3.05, 3.63) is 65.7 Å². The van der Waals surface area contributed by atoms with E-state index in [-0.39, 0.29) is 0 Å². The van der Waals surface area contributed by atoms with Gasteiger partial charge >= 0.3 is 6.18 Å². The Balaban J connectivity index is 1.39. The maximum atomic E-state index is 12.6. The molecule has 1 fully saturated rings. The molecule has 29 heavy (non-hydrogen) atoms. The molecule has 0 radical (unpaired) electrons. The first-order chi connectivity index (χ1) is 14.0. The predicted molar refractivity (Wildman–Crippen MR) is 111 cm³/mol. The van der Waals surface area contributed by atoms with Gasteiger partial charge in [-0.2, -0.15) is 13.2 Å². The summed E-state index contributed by atoms with van der Waals surface area (Å²) in [5, 5.41) is 6.59. The number of guanidine groups is 1. The molecule has 2 N–H and O–H groups in total. The second-order valence-corrected chi connectivity index (χ2v) is 7.26. The number of aliphatic imine (C=N–C) groups is 1. The van der Waals surface area contributed by atoms with Crippen LogP contribution in [0, 0.1) is 5.92 Å². The van der Waals surface area contributed by atoms with Crippen molar-refractivity contribution in [3.8, 4) is 0 Å². The van der Waals surface area contributed by atoms with Gasteiger partial charge in [0.2, 0.25) is 0 Å². The molecular weight excluding hydrogens is 377 g/mol. The third-order valence-corrected chi connectivity index (χ3v) is 5.18. The van der Waals surface area contributed by atoms with E-state index in [1.165, 1.54) is 17.8 Å². The van der Waals surface area contributed by atoms with Gasteiger partial charge in [0.25, 0.3) is 0 Å². The first-order valence-electron chi connectivity index (χ1n) is 9.86. The van der Waals surface area contributed by atoms with Gasteiger partial charge in [-0.15, -0.1) is 0 Å². The van der Waals surface area contributed by atoms with E-state index < -0.39 is 11.7 Å². The fourth-order valence-corrected chi connectivity index (χ4v) is 3.52. The molecule has 1 unspecified atom stereocenters. The highest BCUT2D eigenvalue weighted by Gasteiger charge is 2.29. The number of hydrogen-bond donors (Lipinski definition) is 2. The average Bonchev–Trinajstić information content (AvgIpc) is 3.20. The third-order valence-electron chi connectivity index (χ3n) is 5.18. The van der Waals surface area contributed by atoms with E-state index in [1.807, 2.05) is 6.07 Å². The Labute approximate surface area is 169 Å². The van der Waals surface area contributed by atoms with Crippen LogP contribution in [0.1, 0.15) is 17.5 Å². The molecule has 1 aliphatic rings. The van der Waals surface area contributed by atoms with Crippen LogP contribution in [0.3, 0.4) is 0 Å². The monoisotopic (exact) mass is 404 g/mol. The Bertz CT molecular complexity index is 788. The predicted octanol–water partition coefficient (Wildman–Crippen LogP) is 3.94. The minimum Gasteiger partial charge on any atom is -0.371 e. The number of nitrogens with one attached hydrogen (secondary N) is 2. The summed E-state index contributed by atoms with van der Waals surface area (Å²) in [6.07, 6.45) is -2.53. The molecule has 156 valence electrons. The zero-order valence-electron chi connectivity index (χ0n) is 16.5. The third kappa shape index (κ3) is 6.14. The number of rotatable bonds is 6. The number of para-hydroxylation sites is 1. The van der Waals surface area contributed by atoms with E-state index in [9.17, 15) is 13.2 Å². The van der Waals surface area contributed by atoms with Crippen LogP contribution >= 0.6 is 0 Å². The van der Waals surface area contributed by atoms with Crippen molar-refractivity contribution in [1.82, 2.24) is 10.6 Å². The van der Waals surface area contributed by atoms with Gasteiger partial charge in [-0.05, 0) is 48.6 Å². The van der Waals surface area contributed by atoms with Gasteiger partial charge in [0.1, 0.15) is 0 Å². The summed E-state index contributed by atoms with van der Waals surface area (Å²) >= 11 is 0. The number of alkyl halides is 3.